The highest BCUT2D eigenvalue weighted by Gasteiger charge is 1.96. The summed E-state index contributed by atoms with van der Waals surface area (Å²) in [6, 6.07) is 36.0. The topological polar surface area (TPSA) is 0 Å². The number of rotatable bonds is 0. The molecule has 3 aromatic rings. The van der Waals surface area contributed by atoms with Crippen LogP contribution in [0.25, 0.3) is 0 Å². The van der Waals surface area contributed by atoms with Gasteiger partial charge in [-0.3, -0.25) is 0 Å². The van der Waals surface area contributed by atoms with Crippen molar-refractivity contribution in [1.82, 2.24) is 0 Å². The molecule has 0 N–H and O–H groups in total. The first-order valence-electron chi connectivity index (χ1n) is 17.0. The molecule has 0 unspecified atom stereocenters. The largest absolute Gasteiger partial charge is 0.0683 e. The van der Waals surface area contributed by atoms with Crippen molar-refractivity contribution in [1.29, 1.82) is 0 Å². The molecule has 3 aliphatic carbocycles. The molecule has 0 nitrogen and oxygen atoms in total. The molecule has 6 rings (SSSR count). The van der Waals surface area contributed by atoms with Crippen LogP contribution in [0.1, 0.15) is 148 Å². The Morgan fingerprint density at radius 3 is 0.275 bits per heavy atom. The molecule has 0 heterocycles. The highest BCUT2D eigenvalue weighted by Crippen LogP contribution is 2.16. The second kappa shape index (κ2) is 41.1. The Morgan fingerprint density at radius 2 is 0.225 bits per heavy atom. The average Bonchev–Trinajstić information content (AvgIpc) is 3.12. The zero-order valence-corrected chi connectivity index (χ0v) is 27.1. The van der Waals surface area contributed by atoms with Crippen LogP contribution in [0.15, 0.2) is 109 Å². The van der Waals surface area contributed by atoms with Gasteiger partial charge in [0.1, 0.15) is 0 Å². The van der Waals surface area contributed by atoms with Gasteiger partial charge in [-0.1, -0.05) is 252 Å². The van der Waals surface area contributed by atoms with Crippen LogP contribution in [-0.4, -0.2) is 0 Å². The minimum Gasteiger partial charge on any atom is -0.0683 e. The second-order valence-corrected chi connectivity index (χ2v) is 9.83. The smallest absolute Gasteiger partial charge is 0 e. The van der Waals surface area contributed by atoms with Crippen molar-refractivity contribution in [3.63, 3.8) is 0 Å². The molecule has 3 aromatic carbocycles. The molecule has 0 spiro atoms. The van der Waals surface area contributed by atoms with Gasteiger partial charge in [-0.25, -0.2) is 0 Å². The van der Waals surface area contributed by atoms with Gasteiger partial charge in [-0.2, -0.15) is 0 Å². The monoisotopic (exact) mass is 553 g/mol. The minimum atomic E-state index is 0. The van der Waals surface area contributed by atoms with Gasteiger partial charge in [0.2, 0.25) is 0 Å². The summed E-state index contributed by atoms with van der Waals surface area (Å²) in [6.07, 6.45) is 27.0. The van der Waals surface area contributed by atoms with E-state index in [1.165, 1.54) is 116 Å². The summed E-state index contributed by atoms with van der Waals surface area (Å²) in [6.45, 7) is 8.00. The predicted molar refractivity (Wildman–Crippen MR) is 191 cm³/mol. The molecular weight excluding hydrogens is 480 g/mol. The lowest BCUT2D eigenvalue weighted by Crippen LogP contribution is -1.85. The van der Waals surface area contributed by atoms with E-state index in [0.717, 1.165) is 0 Å². The fourth-order valence-electron chi connectivity index (χ4n) is 4.34. The summed E-state index contributed by atoms with van der Waals surface area (Å²) in [5.74, 6) is 0. The Labute approximate surface area is 256 Å². The van der Waals surface area contributed by atoms with Gasteiger partial charge < -0.3 is 0 Å². The SMILES string of the molecule is C1CCCCC1.C1CCCCC1.C1CCCCC1.CC.CC.[HH].[HH].[HH].c1ccccc1.c1ccccc1.c1ccccc1. The highest BCUT2D eigenvalue weighted by molar-refractivity contribution is 5.00. The van der Waals surface area contributed by atoms with Crippen LogP contribution in [0.4, 0.5) is 0 Å². The first kappa shape index (κ1) is 39.8. The highest BCUT2D eigenvalue weighted by atomic mass is 14.0. The molecular formula is C40H72. The first-order chi connectivity index (χ1) is 20.0. The number of hydrogen-bond donors (Lipinski definition) is 0. The Balaban J connectivity index is -0.000000129. The fraction of sp³-hybridized carbons (Fsp3) is 0.550. The van der Waals surface area contributed by atoms with E-state index in [0.29, 0.717) is 0 Å². The molecule has 232 valence electrons. The molecule has 0 radical (unpaired) electrons. The van der Waals surface area contributed by atoms with Crippen LogP contribution in [0.3, 0.4) is 0 Å². The lowest BCUT2D eigenvalue weighted by atomic mass is 10.0. The molecule has 0 aromatic heterocycles. The van der Waals surface area contributed by atoms with Crippen molar-refractivity contribution in [3.8, 4) is 0 Å². The van der Waals surface area contributed by atoms with Crippen LogP contribution < -0.4 is 0 Å². The summed E-state index contributed by atoms with van der Waals surface area (Å²) in [5.41, 5.74) is 0. The van der Waals surface area contributed by atoms with Gasteiger partial charge >= 0.3 is 0 Å². The van der Waals surface area contributed by atoms with E-state index < -0.39 is 0 Å². The molecule has 3 aliphatic rings. The van der Waals surface area contributed by atoms with Crippen molar-refractivity contribution >= 4 is 0 Å². The predicted octanol–water partition coefficient (Wildman–Crippen LogP) is 14.9. The molecule has 0 aliphatic heterocycles. The summed E-state index contributed by atoms with van der Waals surface area (Å²) in [7, 11) is 0. The van der Waals surface area contributed by atoms with E-state index in [2.05, 4.69) is 0 Å². The third-order valence-electron chi connectivity index (χ3n) is 6.50. The average molecular weight is 553 g/mol. The van der Waals surface area contributed by atoms with Crippen molar-refractivity contribution in [2.24, 2.45) is 0 Å². The van der Waals surface area contributed by atoms with E-state index in [1.807, 2.05) is 137 Å². The fourth-order valence-corrected chi connectivity index (χ4v) is 4.34. The molecule has 0 heteroatoms. The van der Waals surface area contributed by atoms with E-state index in [4.69, 9.17) is 0 Å². The van der Waals surface area contributed by atoms with Crippen molar-refractivity contribution in [2.45, 2.75) is 143 Å². The van der Waals surface area contributed by atoms with Crippen molar-refractivity contribution in [2.75, 3.05) is 0 Å². The Bertz CT molecular complexity index is 492. The van der Waals surface area contributed by atoms with Crippen LogP contribution in [0.5, 0.6) is 0 Å². The zero-order valence-electron chi connectivity index (χ0n) is 27.1. The van der Waals surface area contributed by atoms with E-state index >= 15 is 0 Å². The van der Waals surface area contributed by atoms with E-state index in [1.54, 1.807) is 0 Å². The summed E-state index contributed by atoms with van der Waals surface area (Å²) in [5, 5.41) is 0. The summed E-state index contributed by atoms with van der Waals surface area (Å²) < 4.78 is 0. The van der Waals surface area contributed by atoms with Crippen molar-refractivity contribution in [3.05, 3.63) is 109 Å². The summed E-state index contributed by atoms with van der Waals surface area (Å²) >= 11 is 0. The van der Waals surface area contributed by atoms with Gasteiger partial charge in [0.15, 0.2) is 0 Å². The molecule has 0 atom stereocenters. The van der Waals surface area contributed by atoms with Gasteiger partial charge in [0, 0.05) is 4.28 Å². The van der Waals surface area contributed by atoms with Gasteiger partial charge in [-0.15, -0.1) is 0 Å². The molecule has 0 amide bonds. The molecule has 0 saturated heterocycles. The summed E-state index contributed by atoms with van der Waals surface area (Å²) in [4.78, 5) is 0. The standard InChI is InChI=1S/3C6H12.3C6H6.2C2H6.3H2/c6*1-2-4-6-5-3-1;2*1-2;;;/h3*1-6H2;3*1-6H;2*1-2H3;3*1H. The van der Waals surface area contributed by atoms with Crippen LogP contribution >= 0.6 is 0 Å². The van der Waals surface area contributed by atoms with Crippen LogP contribution in [-0.2, 0) is 0 Å². The maximum absolute atomic E-state index is 2.00. The third kappa shape index (κ3) is 37.8. The first-order valence-corrected chi connectivity index (χ1v) is 17.0. The molecule has 40 heavy (non-hydrogen) atoms. The van der Waals surface area contributed by atoms with E-state index in [9.17, 15) is 0 Å². The minimum absolute atomic E-state index is 0. The van der Waals surface area contributed by atoms with Gasteiger partial charge in [-0.05, 0) is 0 Å². The van der Waals surface area contributed by atoms with Gasteiger partial charge in [0.25, 0.3) is 0 Å². The van der Waals surface area contributed by atoms with Gasteiger partial charge in [0.05, 0.1) is 0 Å². The van der Waals surface area contributed by atoms with Crippen LogP contribution in [0, 0.1) is 0 Å². The molecule has 0 bridgehead atoms. The maximum Gasteiger partial charge on any atom is 0 e. The Kier molecular flexibility index (Phi) is 40.9. The normalized spacial score (nSPS) is 14.7. The molecule has 3 fully saturated rings. The maximum atomic E-state index is 2.00. The van der Waals surface area contributed by atoms with Crippen molar-refractivity contribution < 1.29 is 4.28 Å². The lowest BCUT2D eigenvalue weighted by molar-refractivity contribution is 0.504. The second-order valence-electron chi connectivity index (χ2n) is 9.83. The number of benzene rings is 3. The number of hydrogen-bond acceptors (Lipinski definition) is 0. The third-order valence-corrected chi connectivity index (χ3v) is 6.50. The van der Waals surface area contributed by atoms with Crippen LogP contribution in [0.2, 0.25) is 0 Å². The van der Waals surface area contributed by atoms with E-state index in [-0.39, 0.29) is 4.28 Å². The Morgan fingerprint density at radius 1 is 0.175 bits per heavy atom. The zero-order chi connectivity index (χ0) is 29.5. The molecule has 3 saturated carbocycles. The quantitative estimate of drug-likeness (QED) is 0.260. The Hall–Kier alpha value is -2.34. The lowest BCUT2D eigenvalue weighted by Gasteiger charge is -2.05.